The number of carbonyl (C=O) groups is 1. The highest BCUT2D eigenvalue weighted by molar-refractivity contribution is 5.82. The van der Waals surface area contributed by atoms with Gasteiger partial charge in [-0.3, -0.25) is 0 Å². The van der Waals surface area contributed by atoms with Crippen LogP contribution < -0.4 is 0 Å². The first-order chi connectivity index (χ1) is 5.00. The van der Waals surface area contributed by atoms with Crippen molar-refractivity contribution in [2.75, 3.05) is 6.61 Å². The third-order valence-electron chi connectivity index (χ3n) is 1.75. The Balaban J connectivity index is 2.80. The average Bonchev–Trinajstić information content (AvgIpc) is 2.14. The molecule has 0 aliphatic carbocycles. The molecule has 3 atom stereocenters. The van der Waals surface area contributed by atoms with E-state index in [1.807, 2.05) is 0 Å². The number of aliphatic hydroxyl groups excluding tert-OH is 2. The van der Waals surface area contributed by atoms with Crippen LogP contribution in [0.1, 0.15) is 6.92 Å². The summed E-state index contributed by atoms with van der Waals surface area (Å²) in [5.74, 6) is -1.12. The van der Waals surface area contributed by atoms with Crippen molar-refractivity contribution < 1.29 is 24.1 Å². The van der Waals surface area contributed by atoms with Gasteiger partial charge in [-0.1, -0.05) is 0 Å². The molecule has 1 rings (SSSR count). The van der Waals surface area contributed by atoms with Crippen molar-refractivity contribution in [1.82, 2.24) is 0 Å². The van der Waals surface area contributed by atoms with Gasteiger partial charge in [-0.2, -0.15) is 0 Å². The summed E-state index contributed by atoms with van der Waals surface area (Å²) < 4.78 is 17.3. The molecule has 2 N–H and O–H groups in total. The van der Waals surface area contributed by atoms with Crippen LogP contribution in [0, 0.1) is 0 Å². The molecule has 64 valence electrons. The highest BCUT2D eigenvalue weighted by Gasteiger charge is 2.54. The lowest BCUT2D eigenvalue weighted by Gasteiger charge is -2.14. The Bertz CT molecular complexity index is 179. The Morgan fingerprint density at radius 2 is 2.36 bits per heavy atom. The topological polar surface area (TPSA) is 66.8 Å². The zero-order chi connectivity index (χ0) is 8.65. The molecule has 11 heavy (non-hydrogen) atoms. The number of aliphatic hydroxyl groups is 2. The Morgan fingerprint density at radius 1 is 1.82 bits per heavy atom. The van der Waals surface area contributed by atoms with Crippen LogP contribution >= 0.6 is 0 Å². The number of hydrogen-bond acceptors (Lipinski definition) is 4. The molecule has 1 aliphatic heterocycles. The predicted octanol–water partition coefficient (Wildman–Crippen LogP) is -1.01. The largest absolute Gasteiger partial charge is 0.455 e. The summed E-state index contributed by atoms with van der Waals surface area (Å²) in [6.45, 7) is 0.363. The molecule has 1 fully saturated rings. The van der Waals surface area contributed by atoms with Crippen LogP contribution in [-0.2, 0) is 9.53 Å². The molecule has 1 heterocycles. The van der Waals surface area contributed by atoms with Crippen LogP contribution in [0.15, 0.2) is 0 Å². The average molecular weight is 164 g/mol. The molecule has 0 radical (unpaired) electrons. The molecule has 0 unspecified atom stereocenters. The summed E-state index contributed by atoms with van der Waals surface area (Å²) >= 11 is 0. The fraction of sp³-hybridized carbons (Fsp3) is 0.833. The van der Waals surface area contributed by atoms with Crippen molar-refractivity contribution in [3.05, 3.63) is 0 Å². The van der Waals surface area contributed by atoms with Crippen LogP contribution in [-0.4, -0.2) is 40.7 Å². The number of ether oxygens (including phenoxy) is 1. The minimum absolute atomic E-state index is 0.563. The van der Waals surface area contributed by atoms with E-state index in [9.17, 15) is 9.18 Å². The molecule has 0 spiro atoms. The first-order valence-electron chi connectivity index (χ1n) is 3.19. The van der Waals surface area contributed by atoms with Crippen molar-refractivity contribution >= 4 is 5.97 Å². The molecule has 0 aromatic carbocycles. The van der Waals surface area contributed by atoms with Crippen LogP contribution in [0.4, 0.5) is 4.39 Å². The molecule has 1 aliphatic rings. The van der Waals surface area contributed by atoms with Gasteiger partial charge in [0.25, 0.3) is 0 Å². The van der Waals surface area contributed by atoms with E-state index >= 15 is 0 Å². The minimum atomic E-state index is -2.38. The number of esters is 1. The molecule has 5 heteroatoms. The lowest BCUT2D eigenvalue weighted by molar-refractivity contribution is -0.150. The Labute approximate surface area is 62.6 Å². The Hall–Kier alpha value is -0.680. The van der Waals surface area contributed by atoms with E-state index in [-0.39, 0.29) is 0 Å². The Morgan fingerprint density at radius 3 is 2.55 bits per heavy atom. The van der Waals surface area contributed by atoms with Crippen molar-refractivity contribution in [1.29, 1.82) is 0 Å². The van der Waals surface area contributed by atoms with Gasteiger partial charge >= 0.3 is 5.97 Å². The number of carbonyl (C=O) groups excluding carboxylic acids is 1. The van der Waals surface area contributed by atoms with E-state index in [2.05, 4.69) is 4.74 Å². The third kappa shape index (κ3) is 1.10. The van der Waals surface area contributed by atoms with Gasteiger partial charge in [0, 0.05) is 0 Å². The van der Waals surface area contributed by atoms with E-state index in [1.165, 1.54) is 0 Å². The molecule has 0 aromatic rings. The summed E-state index contributed by atoms with van der Waals surface area (Å²) in [6, 6.07) is 0. The van der Waals surface area contributed by atoms with Gasteiger partial charge in [0.15, 0.2) is 6.10 Å². The highest BCUT2D eigenvalue weighted by atomic mass is 19.1. The van der Waals surface area contributed by atoms with Crippen LogP contribution in [0.3, 0.4) is 0 Å². The summed E-state index contributed by atoms with van der Waals surface area (Å²) in [7, 11) is 0. The SMILES string of the molecule is C[C@@]1(F)C(=O)O[C@@H](CO)[C@@H]1O. The van der Waals surface area contributed by atoms with E-state index in [0.29, 0.717) is 0 Å². The van der Waals surface area contributed by atoms with Crippen molar-refractivity contribution in [2.24, 2.45) is 0 Å². The predicted molar refractivity (Wildman–Crippen MR) is 32.5 cm³/mol. The maximum Gasteiger partial charge on any atom is 0.346 e. The first-order valence-corrected chi connectivity index (χ1v) is 3.19. The number of cyclic esters (lactones) is 1. The molecule has 4 nitrogen and oxygen atoms in total. The van der Waals surface area contributed by atoms with E-state index < -0.39 is 30.5 Å². The highest BCUT2D eigenvalue weighted by Crippen LogP contribution is 2.29. The van der Waals surface area contributed by atoms with Crippen LogP contribution in [0.5, 0.6) is 0 Å². The fourth-order valence-corrected chi connectivity index (χ4v) is 0.924. The first kappa shape index (κ1) is 8.42. The number of halogens is 1. The second-order valence-electron chi connectivity index (χ2n) is 2.65. The standard InChI is InChI=1S/C6H9FO4/c1-6(7)4(9)3(2-8)11-5(6)10/h3-4,8-9H,2H2,1H3/t3-,4-,6-/m0/s1. The van der Waals surface area contributed by atoms with Crippen molar-refractivity contribution in [3.8, 4) is 0 Å². The molecule has 0 aromatic heterocycles. The van der Waals surface area contributed by atoms with Crippen molar-refractivity contribution in [2.45, 2.75) is 24.8 Å². The third-order valence-corrected chi connectivity index (χ3v) is 1.75. The zero-order valence-electron chi connectivity index (χ0n) is 5.95. The maximum atomic E-state index is 13.0. The summed E-state index contributed by atoms with van der Waals surface area (Å²) in [6.07, 6.45) is -2.70. The molecule has 0 bridgehead atoms. The smallest absolute Gasteiger partial charge is 0.346 e. The quantitative estimate of drug-likeness (QED) is 0.487. The summed E-state index contributed by atoms with van der Waals surface area (Å²) in [4.78, 5) is 10.6. The Kier molecular flexibility index (Phi) is 1.85. The normalized spacial score (nSPS) is 44.2. The molecule has 0 amide bonds. The van der Waals surface area contributed by atoms with E-state index in [1.54, 1.807) is 0 Å². The number of alkyl halides is 1. The second kappa shape index (κ2) is 2.42. The van der Waals surface area contributed by atoms with Gasteiger partial charge in [0.05, 0.1) is 6.61 Å². The van der Waals surface area contributed by atoms with Gasteiger partial charge in [-0.05, 0) is 6.92 Å². The fourth-order valence-electron chi connectivity index (χ4n) is 0.924. The van der Waals surface area contributed by atoms with Crippen LogP contribution in [0.2, 0.25) is 0 Å². The van der Waals surface area contributed by atoms with E-state index in [0.717, 1.165) is 6.92 Å². The monoisotopic (exact) mass is 164 g/mol. The van der Waals surface area contributed by atoms with Crippen LogP contribution in [0.25, 0.3) is 0 Å². The van der Waals surface area contributed by atoms with Gasteiger partial charge < -0.3 is 14.9 Å². The molecular weight excluding hydrogens is 155 g/mol. The zero-order valence-corrected chi connectivity index (χ0v) is 5.95. The van der Waals surface area contributed by atoms with Gasteiger partial charge in [0.1, 0.15) is 6.10 Å². The lowest BCUT2D eigenvalue weighted by atomic mass is 10.0. The molecule has 0 saturated carbocycles. The molecule has 1 saturated heterocycles. The summed E-state index contributed by atoms with van der Waals surface area (Å²) in [5.41, 5.74) is -2.38. The van der Waals surface area contributed by atoms with E-state index in [4.69, 9.17) is 10.2 Å². The summed E-state index contributed by atoms with van der Waals surface area (Å²) in [5, 5.41) is 17.5. The second-order valence-corrected chi connectivity index (χ2v) is 2.65. The van der Waals surface area contributed by atoms with Crippen molar-refractivity contribution in [3.63, 3.8) is 0 Å². The van der Waals surface area contributed by atoms with Gasteiger partial charge in [-0.25, -0.2) is 9.18 Å². The number of rotatable bonds is 1. The minimum Gasteiger partial charge on any atom is -0.455 e. The van der Waals surface area contributed by atoms with Gasteiger partial charge in [-0.15, -0.1) is 0 Å². The number of hydrogen-bond donors (Lipinski definition) is 2. The molecular formula is C6H9FO4. The maximum absolute atomic E-state index is 13.0. The van der Waals surface area contributed by atoms with Gasteiger partial charge in [0.2, 0.25) is 5.67 Å². The lowest BCUT2D eigenvalue weighted by Crippen LogP contribution is -2.40.